The first-order valence-corrected chi connectivity index (χ1v) is 4.74. The minimum Gasteiger partial charge on any atom is -0.355 e. The lowest BCUT2D eigenvalue weighted by Gasteiger charge is -2.11. The van der Waals surface area contributed by atoms with E-state index in [4.69, 9.17) is 0 Å². The highest BCUT2D eigenvalue weighted by Gasteiger charge is 2.27. The molecule has 0 saturated heterocycles. The maximum atomic E-state index is 11.0. The van der Waals surface area contributed by atoms with Crippen molar-refractivity contribution in [2.24, 2.45) is 5.92 Å². The zero-order valence-corrected chi connectivity index (χ0v) is 7.89. The molecule has 1 aliphatic carbocycles. The first kappa shape index (κ1) is 9.52. The first-order chi connectivity index (χ1) is 5.74. The molecule has 1 fully saturated rings. The quantitative estimate of drug-likeness (QED) is 0.631. The van der Waals surface area contributed by atoms with Crippen molar-refractivity contribution in [3.63, 3.8) is 0 Å². The summed E-state index contributed by atoms with van der Waals surface area (Å²) in [4.78, 5) is 11.0. The van der Waals surface area contributed by atoms with Crippen molar-refractivity contribution < 1.29 is 4.79 Å². The lowest BCUT2D eigenvalue weighted by atomic mass is 10.2. The number of carbonyl (C=O) groups is 1. The van der Waals surface area contributed by atoms with Gasteiger partial charge in [0.15, 0.2) is 0 Å². The number of hydrogen-bond donors (Lipinski definition) is 2. The van der Waals surface area contributed by atoms with Gasteiger partial charge in [-0.1, -0.05) is 0 Å². The predicted molar refractivity (Wildman–Crippen MR) is 48.9 cm³/mol. The summed E-state index contributed by atoms with van der Waals surface area (Å²) < 4.78 is 0. The number of hydrogen-bond acceptors (Lipinski definition) is 2. The number of rotatable bonds is 5. The van der Waals surface area contributed by atoms with E-state index in [-0.39, 0.29) is 5.91 Å². The SMILES string of the molecule is CCNC(=O)CNC(C)C1CC1. The summed E-state index contributed by atoms with van der Waals surface area (Å²) >= 11 is 0. The highest BCUT2D eigenvalue weighted by atomic mass is 16.1. The predicted octanol–water partition coefficient (Wildman–Crippen LogP) is 0.511. The van der Waals surface area contributed by atoms with Gasteiger partial charge in [-0.15, -0.1) is 0 Å². The average Bonchev–Trinajstić information content (AvgIpc) is 2.83. The second-order valence-corrected chi connectivity index (χ2v) is 3.46. The fourth-order valence-electron chi connectivity index (χ4n) is 1.28. The molecule has 0 aromatic carbocycles. The van der Waals surface area contributed by atoms with Crippen LogP contribution in [0.4, 0.5) is 0 Å². The minimum absolute atomic E-state index is 0.102. The molecule has 12 heavy (non-hydrogen) atoms. The van der Waals surface area contributed by atoms with Gasteiger partial charge in [-0.3, -0.25) is 4.79 Å². The molecular weight excluding hydrogens is 152 g/mol. The van der Waals surface area contributed by atoms with Gasteiger partial charge in [-0.25, -0.2) is 0 Å². The molecule has 3 heteroatoms. The van der Waals surface area contributed by atoms with Crippen LogP contribution >= 0.6 is 0 Å². The Kier molecular flexibility index (Phi) is 3.53. The topological polar surface area (TPSA) is 41.1 Å². The third-order valence-corrected chi connectivity index (χ3v) is 2.29. The van der Waals surface area contributed by atoms with Crippen LogP contribution in [0.5, 0.6) is 0 Å². The van der Waals surface area contributed by atoms with Gasteiger partial charge >= 0.3 is 0 Å². The van der Waals surface area contributed by atoms with Crippen LogP contribution in [0.3, 0.4) is 0 Å². The second-order valence-electron chi connectivity index (χ2n) is 3.46. The van der Waals surface area contributed by atoms with Crippen LogP contribution in [0.1, 0.15) is 26.7 Å². The Balaban J connectivity index is 2.03. The third kappa shape index (κ3) is 3.22. The van der Waals surface area contributed by atoms with Gasteiger partial charge in [0.05, 0.1) is 6.54 Å². The van der Waals surface area contributed by atoms with Crippen molar-refractivity contribution in [3.8, 4) is 0 Å². The molecule has 0 heterocycles. The third-order valence-electron chi connectivity index (χ3n) is 2.29. The number of amides is 1. The Labute approximate surface area is 73.9 Å². The summed E-state index contributed by atoms with van der Waals surface area (Å²) in [6.45, 7) is 5.27. The molecule has 70 valence electrons. The number of nitrogens with one attached hydrogen (secondary N) is 2. The molecule has 0 spiro atoms. The summed E-state index contributed by atoms with van der Waals surface area (Å²) in [7, 11) is 0. The summed E-state index contributed by atoms with van der Waals surface area (Å²) in [5.74, 6) is 0.921. The Bertz CT molecular complexity index is 155. The van der Waals surface area contributed by atoms with Gasteiger partial charge in [0.2, 0.25) is 5.91 Å². The lowest BCUT2D eigenvalue weighted by Crippen LogP contribution is -2.38. The molecule has 2 N–H and O–H groups in total. The second kappa shape index (κ2) is 4.45. The van der Waals surface area contributed by atoms with Crippen molar-refractivity contribution in [3.05, 3.63) is 0 Å². The molecule has 0 aromatic rings. The maximum absolute atomic E-state index is 11.0. The molecule has 1 aliphatic rings. The molecule has 0 bridgehead atoms. The van der Waals surface area contributed by atoms with Crippen LogP contribution in [0, 0.1) is 5.92 Å². The van der Waals surface area contributed by atoms with E-state index in [0.29, 0.717) is 12.6 Å². The summed E-state index contributed by atoms with van der Waals surface area (Å²) in [6, 6.07) is 0.507. The van der Waals surface area contributed by atoms with Gasteiger partial charge in [-0.2, -0.15) is 0 Å². The van der Waals surface area contributed by atoms with Crippen molar-refractivity contribution in [1.29, 1.82) is 0 Å². The molecule has 1 atom stereocenters. The van der Waals surface area contributed by atoms with E-state index in [2.05, 4.69) is 17.6 Å². The van der Waals surface area contributed by atoms with Crippen LogP contribution < -0.4 is 10.6 Å². The van der Waals surface area contributed by atoms with E-state index in [0.717, 1.165) is 12.5 Å². The van der Waals surface area contributed by atoms with Crippen LogP contribution in [0.2, 0.25) is 0 Å². The van der Waals surface area contributed by atoms with Crippen LogP contribution in [0.15, 0.2) is 0 Å². The molecule has 1 saturated carbocycles. The Morgan fingerprint density at radius 1 is 1.58 bits per heavy atom. The highest BCUT2D eigenvalue weighted by molar-refractivity contribution is 5.77. The molecular formula is C9H18N2O. The van der Waals surface area contributed by atoms with E-state index in [1.807, 2.05) is 6.92 Å². The number of likely N-dealkylation sites (N-methyl/N-ethyl adjacent to an activating group) is 1. The Morgan fingerprint density at radius 2 is 2.25 bits per heavy atom. The average molecular weight is 170 g/mol. The van der Waals surface area contributed by atoms with E-state index in [1.165, 1.54) is 12.8 Å². The molecule has 1 rings (SSSR count). The molecule has 0 radical (unpaired) electrons. The van der Waals surface area contributed by atoms with Gasteiger partial charge in [0, 0.05) is 12.6 Å². The Hall–Kier alpha value is -0.570. The number of carbonyl (C=O) groups excluding carboxylic acids is 1. The standard InChI is InChI=1S/C9H18N2O/c1-3-10-9(12)6-11-7(2)8-4-5-8/h7-8,11H,3-6H2,1-2H3,(H,10,12). The largest absolute Gasteiger partial charge is 0.355 e. The van der Waals surface area contributed by atoms with E-state index < -0.39 is 0 Å². The maximum Gasteiger partial charge on any atom is 0.233 e. The Morgan fingerprint density at radius 3 is 2.75 bits per heavy atom. The van der Waals surface area contributed by atoms with Crippen molar-refractivity contribution in [1.82, 2.24) is 10.6 Å². The summed E-state index contributed by atoms with van der Waals surface area (Å²) in [5.41, 5.74) is 0. The lowest BCUT2D eigenvalue weighted by molar-refractivity contribution is -0.120. The zero-order valence-electron chi connectivity index (χ0n) is 7.89. The molecule has 0 aliphatic heterocycles. The highest BCUT2D eigenvalue weighted by Crippen LogP contribution is 2.32. The van der Waals surface area contributed by atoms with E-state index >= 15 is 0 Å². The molecule has 3 nitrogen and oxygen atoms in total. The normalized spacial score (nSPS) is 18.8. The monoisotopic (exact) mass is 170 g/mol. The fourth-order valence-corrected chi connectivity index (χ4v) is 1.28. The van der Waals surface area contributed by atoms with Crippen molar-refractivity contribution in [2.45, 2.75) is 32.7 Å². The van der Waals surface area contributed by atoms with Crippen LogP contribution in [0.25, 0.3) is 0 Å². The van der Waals surface area contributed by atoms with Crippen molar-refractivity contribution >= 4 is 5.91 Å². The fraction of sp³-hybridized carbons (Fsp3) is 0.889. The van der Waals surface area contributed by atoms with Gasteiger partial charge < -0.3 is 10.6 Å². The van der Waals surface area contributed by atoms with Crippen LogP contribution in [-0.2, 0) is 4.79 Å². The summed E-state index contributed by atoms with van der Waals surface area (Å²) in [6.07, 6.45) is 2.65. The molecule has 0 aromatic heterocycles. The van der Waals surface area contributed by atoms with Gasteiger partial charge in [-0.05, 0) is 32.6 Å². The molecule has 1 amide bonds. The molecule has 1 unspecified atom stereocenters. The van der Waals surface area contributed by atoms with Gasteiger partial charge in [0.25, 0.3) is 0 Å². The first-order valence-electron chi connectivity index (χ1n) is 4.74. The summed E-state index contributed by atoms with van der Waals surface area (Å²) in [5, 5.41) is 5.98. The zero-order chi connectivity index (χ0) is 8.97. The van der Waals surface area contributed by atoms with E-state index in [1.54, 1.807) is 0 Å². The minimum atomic E-state index is 0.102. The van der Waals surface area contributed by atoms with Crippen molar-refractivity contribution in [2.75, 3.05) is 13.1 Å². The smallest absolute Gasteiger partial charge is 0.233 e. The van der Waals surface area contributed by atoms with Gasteiger partial charge in [0.1, 0.15) is 0 Å². The van der Waals surface area contributed by atoms with Crippen LogP contribution in [-0.4, -0.2) is 25.0 Å². The van der Waals surface area contributed by atoms with E-state index in [9.17, 15) is 4.79 Å².